The van der Waals surface area contributed by atoms with Gasteiger partial charge in [-0.3, -0.25) is 4.90 Å². The predicted molar refractivity (Wildman–Crippen MR) is 146 cm³/mol. The van der Waals surface area contributed by atoms with Gasteiger partial charge in [0.25, 0.3) is 0 Å². The van der Waals surface area contributed by atoms with Crippen molar-refractivity contribution in [3.8, 4) is 16.9 Å². The van der Waals surface area contributed by atoms with E-state index in [1.54, 1.807) is 6.08 Å². The van der Waals surface area contributed by atoms with Crippen LogP contribution in [0.2, 0.25) is 5.02 Å². The van der Waals surface area contributed by atoms with Crippen LogP contribution >= 0.6 is 11.6 Å². The largest absolute Gasteiger partial charge is 0.492 e. The third-order valence-corrected chi connectivity index (χ3v) is 7.64. The van der Waals surface area contributed by atoms with Crippen LogP contribution in [0.15, 0.2) is 73.3 Å². The summed E-state index contributed by atoms with van der Waals surface area (Å²) >= 11 is 6.54. The molecule has 190 valence electrons. The van der Waals surface area contributed by atoms with E-state index < -0.39 is 10.0 Å². The van der Waals surface area contributed by atoms with Crippen molar-refractivity contribution >= 4 is 27.7 Å². The zero-order valence-electron chi connectivity index (χ0n) is 20.2. The van der Waals surface area contributed by atoms with Crippen LogP contribution in [0.4, 0.5) is 0 Å². The molecule has 1 aliphatic heterocycles. The summed E-state index contributed by atoms with van der Waals surface area (Å²) in [6.45, 7) is 8.82. The molecule has 0 saturated carbocycles. The van der Waals surface area contributed by atoms with Crippen molar-refractivity contribution in [2.24, 2.45) is 0 Å². The zero-order chi connectivity index (χ0) is 25.4. The highest BCUT2D eigenvalue weighted by molar-refractivity contribution is 7.88. The van der Waals surface area contributed by atoms with Crippen LogP contribution in [0.3, 0.4) is 0 Å². The Labute approximate surface area is 218 Å². The molecule has 1 heterocycles. The molecule has 0 aromatic heterocycles. The summed E-state index contributed by atoms with van der Waals surface area (Å²) in [7, 11) is -3.49. The van der Waals surface area contributed by atoms with Gasteiger partial charge in [-0.25, -0.2) is 13.1 Å². The Kier molecular flexibility index (Phi) is 9.18. The summed E-state index contributed by atoms with van der Waals surface area (Å²) in [5.74, 6) is 0.627. The number of ether oxygens (including phenoxy) is 2. The molecule has 0 amide bonds. The van der Waals surface area contributed by atoms with Crippen LogP contribution in [0.25, 0.3) is 17.2 Å². The minimum atomic E-state index is -3.49. The monoisotopic (exact) mass is 526 g/mol. The fourth-order valence-corrected chi connectivity index (χ4v) is 5.41. The van der Waals surface area contributed by atoms with Gasteiger partial charge in [0.15, 0.2) is 0 Å². The van der Waals surface area contributed by atoms with Gasteiger partial charge in [0.05, 0.1) is 24.0 Å². The summed E-state index contributed by atoms with van der Waals surface area (Å²) in [5, 5.41) is 0.586. The number of halogens is 1. The first-order valence-corrected chi connectivity index (χ1v) is 14.0. The Morgan fingerprint density at radius 2 is 1.81 bits per heavy atom. The van der Waals surface area contributed by atoms with E-state index in [4.69, 9.17) is 21.1 Å². The summed E-state index contributed by atoms with van der Waals surface area (Å²) in [4.78, 5) is 2.32. The van der Waals surface area contributed by atoms with Crippen molar-refractivity contribution in [2.75, 3.05) is 39.5 Å². The molecular formula is C28H31ClN2O4S. The summed E-state index contributed by atoms with van der Waals surface area (Å²) in [6.07, 6.45) is 1.74. The van der Waals surface area contributed by atoms with Gasteiger partial charge in [-0.05, 0) is 40.5 Å². The Morgan fingerprint density at radius 1 is 1.03 bits per heavy atom. The van der Waals surface area contributed by atoms with E-state index in [0.29, 0.717) is 17.2 Å². The molecule has 0 radical (unpaired) electrons. The van der Waals surface area contributed by atoms with Crippen LogP contribution < -0.4 is 9.46 Å². The molecule has 36 heavy (non-hydrogen) atoms. The summed E-state index contributed by atoms with van der Waals surface area (Å²) in [5.41, 5.74) is 4.32. The molecule has 0 atom stereocenters. The molecule has 6 nitrogen and oxygen atoms in total. The van der Waals surface area contributed by atoms with Gasteiger partial charge in [0.2, 0.25) is 10.0 Å². The summed E-state index contributed by atoms with van der Waals surface area (Å²) < 4.78 is 39.1. The maximum atomic E-state index is 12.6. The lowest BCUT2D eigenvalue weighted by molar-refractivity contribution is 0.0322. The normalized spacial score (nSPS) is 14.5. The Bertz CT molecular complexity index is 1270. The van der Waals surface area contributed by atoms with E-state index in [1.807, 2.05) is 66.7 Å². The first-order valence-electron chi connectivity index (χ1n) is 11.9. The number of sulfonamides is 1. The molecule has 4 rings (SSSR count). The summed E-state index contributed by atoms with van der Waals surface area (Å²) in [6, 6.07) is 20.7. The molecule has 0 aliphatic carbocycles. The van der Waals surface area contributed by atoms with E-state index in [9.17, 15) is 8.42 Å². The first kappa shape index (κ1) is 26.4. The fourth-order valence-electron chi connectivity index (χ4n) is 4.01. The molecule has 3 aromatic rings. The van der Waals surface area contributed by atoms with Crippen LogP contribution in [-0.2, 0) is 27.1 Å². The van der Waals surface area contributed by atoms with E-state index >= 15 is 0 Å². The quantitative estimate of drug-likeness (QED) is 0.381. The standard InChI is InChI=1S/C28H31ClN2O4S/c1-2-22-4-3-5-24(18-22)20-30-36(32,33)21-23-6-8-25(9-7-23)27-11-10-26(19-28(27)29)35-17-14-31-12-15-34-16-13-31/h2-11,18-19,30H,1,12-17,20-21H2. The highest BCUT2D eigenvalue weighted by Crippen LogP contribution is 2.31. The van der Waals surface area contributed by atoms with Gasteiger partial charge in [-0.2, -0.15) is 0 Å². The van der Waals surface area contributed by atoms with E-state index in [2.05, 4.69) is 16.2 Å². The van der Waals surface area contributed by atoms with Gasteiger partial charge < -0.3 is 9.47 Å². The average Bonchev–Trinajstić information content (AvgIpc) is 2.89. The van der Waals surface area contributed by atoms with Crippen molar-refractivity contribution in [3.63, 3.8) is 0 Å². The zero-order valence-corrected chi connectivity index (χ0v) is 21.7. The lowest BCUT2D eigenvalue weighted by atomic mass is 10.0. The van der Waals surface area contributed by atoms with E-state index in [0.717, 1.165) is 60.9 Å². The van der Waals surface area contributed by atoms with Gasteiger partial charge in [-0.15, -0.1) is 0 Å². The van der Waals surface area contributed by atoms with Crippen molar-refractivity contribution < 1.29 is 17.9 Å². The number of benzene rings is 3. The van der Waals surface area contributed by atoms with Crippen LogP contribution in [0.5, 0.6) is 5.75 Å². The van der Waals surface area contributed by atoms with Crippen LogP contribution in [0.1, 0.15) is 16.7 Å². The van der Waals surface area contributed by atoms with Gasteiger partial charge in [-0.1, -0.05) is 72.8 Å². The molecule has 0 bridgehead atoms. The predicted octanol–water partition coefficient (Wildman–Crippen LogP) is 4.98. The molecule has 0 spiro atoms. The Balaban J connectivity index is 1.31. The minimum absolute atomic E-state index is 0.0991. The maximum Gasteiger partial charge on any atom is 0.216 e. The lowest BCUT2D eigenvalue weighted by Gasteiger charge is -2.26. The van der Waals surface area contributed by atoms with Gasteiger partial charge in [0, 0.05) is 31.7 Å². The molecule has 1 aliphatic rings. The van der Waals surface area contributed by atoms with Gasteiger partial charge >= 0.3 is 0 Å². The van der Waals surface area contributed by atoms with Crippen molar-refractivity contribution in [1.29, 1.82) is 0 Å². The molecule has 1 fully saturated rings. The minimum Gasteiger partial charge on any atom is -0.492 e. The number of hydrogen-bond donors (Lipinski definition) is 1. The molecule has 1 saturated heterocycles. The molecule has 8 heteroatoms. The van der Waals surface area contributed by atoms with E-state index in [-0.39, 0.29) is 12.3 Å². The molecule has 3 aromatic carbocycles. The SMILES string of the molecule is C=Cc1cccc(CNS(=O)(=O)Cc2ccc(-c3ccc(OCCN4CCOCC4)cc3Cl)cc2)c1. The molecule has 0 unspecified atom stereocenters. The van der Waals surface area contributed by atoms with Crippen LogP contribution in [0, 0.1) is 0 Å². The van der Waals surface area contributed by atoms with Crippen LogP contribution in [-0.4, -0.2) is 52.8 Å². The lowest BCUT2D eigenvalue weighted by Crippen LogP contribution is -2.38. The third-order valence-electron chi connectivity index (χ3n) is 6.03. The second kappa shape index (κ2) is 12.5. The Hall–Kier alpha value is -2.68. The topological polar surface area (TPSA) is 67.9 Å². The number of nitrogens with one attached hydrogen (secondary N) is 1. The van der Waals surface area contributed by atoms with E-state index in [1.165, 1.54) is 0 Å². The fraction of sp³-hybridized carbons (Fsp3) is 0.286. The third kappa shape index (κ3) is 7.66. The second-order valence-electron chi connectivity index (χ2n) is 8.67. The number of hydrogen-bond acceptors (Lipinski definition) is 5. The average molecular weight is 527 g/mol. The number of nitrogens with zero attached hydrogens (tertiary/aromatic N) is 1. The number of morpholine rings is 1. The second-order valence-corrected chi connectivity index (χ2v) is 10.9. The Morgan fingerprint density at radius 3 is 2.53 bits per heavy atom. The molecular weight excluding hydrogens is 496 g/mol. The smallest absolute Gasteiger partial charge is 0.216 e. The highest BCUT2D eigenvalue weighted by Gasteiger charge is 2.13. The highest BCUT2D eigenvalue weighted by atomic mass is 35.5. The van der Waals surface area contributed by atoms with Crippen molar-refractivity contribution in [3.05, 3.63) is 95.0 Å². The number of rotatable bonds is 11. The van der Waals surface area contributed by atoms with Crippen molar-refractivity contribution in [2.45, 2.75) is 12.3 Å². The molecule has 1 N–H and O–H groups in total. The van der Waals surface area contributed by atoms with Crippen molar-refractivity contribution in [1.82, 2.24) is 9.62 Å². The first-order chi connectivity index (χ1) is 17.4. The van der Waals surface area contributed by atoms with Gasteiger partial charge in [0.1, 0.15) is 12.4 Å². The maximum absolute atomic E-state index is 12.6.